The molecule has 0 aromatic heterocycles. The van der Waals surface area contributed by atoms with Crippen LogP contribution in [0, 0.1) is 5.82 Å². The van der Waals surface area contributed by atoms with Gasteiger partial charge in [0.1, 0.15) is 19.0 Å². The first-order valence-corrected chi connectivity index (χ1v) is 10.8. The van der Waals surface area contributed by atoms with Gasteiger partial charge in [-0.3, -0.25) is 4.79 Å². The van der Waals surface area contributed by atoms with Crippen molar-refractivity contribution in [2.24, 2.45) is 0 Å². The Morgan fingerprint density at radius 3 is 2.34 bits per heavy atom. The van der Waals surface area contributed by atoms with Crippen molar-refractivity contribution >= 4 is 27.5 Å². The fourth-order valence-electron chi connectivity index (χ4n) is 3.30. The van der Waals surface area contributed by atoms with E-state index in [9.17, 15) is 17.6 Å². The molecule has 2 heterocycles. The SMILES string of the molecule is O=C(c1ccc(Cl)cc1F)N1CCN(S(=O)(=O)c2ccc3c(c2)OCCO3)CC1. The van der Waals surface area contributed by atoms with Crippen molar-refractivity contribution in [1.29, 1.82) is 0 Å². The molecule has 0 atom stereocenters. The molecule has 2 aromatic carbocycles. The van der Waals surface area contributed by atoms with E-state index < -0.39 is 21.7 Å². The number of carbonyl (C=O) groups excluding carboxylic acids is 1. The molecule has 29 heavy (non-hydrogen) atoms. The molecule has 0 spiro atoms. The average Bonchev–Trinajstić information content (AvgIpc) is 2.73. The summed E-state index contributed by atoms with van der Waals surface area (Å²) in [6.07, 6.45) is 0. The molecule has 0 aliphatic carbocycles. The molecule has 10 heteroatoms. The average molecular weight is 441 g/mol. The molecule has 2 aromatic rings. The quantitative estimate of drug-likeness (QED) is 0.732. The minimum Gasteiger partial charge on any atom is -0.486 e. The molecule has 0 radical (unpaired) electrons. The summed E-state index contributed by atoms with van der Waals surface area (Å²) in [7, 11) is -3.75. The summed E-state index contributed by atoms with van der Waals surface area (Å²) in [5.41, 5.74) is -0.0856. The van der Waals surface area contributed by atoms with Crippen molar-refractivity contribution in [3.8, 4) is 11.5 Å². The number of benzene rings is 2. The highest BCUT2D eigenvalue weighted by Crippen LogP contribution is 2.33. The number of nitrogens with zero attached hydrogens (tertiary/aromatic N) is 2. The lowest BCUT2D eigenvalue weighted by Gasteiger charge is -2.34. The first kappa shape index (κ1) is 19.9. The molecule has 2 aliphatic heterocycles. The standard InChI is InChI=1S/C19H18ClFN2O5S/c20-13-1-3-15(16(21)11-13)19(24)22-5-7-23(8-6-22)29(25,26)14-2-4-17-18(12-14)28-10-9-27-17/h1-4,11-12H,5-10H2. The van der Waals surface area contributed by atoms with Crippen LogP contribution in [0.3, 0.4) is 0 Å². The molecule has 7 nitrogen and oxygen atoms in total. The van der Waals surface area contributed by atoms with Crippen LogP contribution in [0.2, 0.25) is 5.02 Å². The van der Waals surface area contributed by atoms with Crippen molar-refractivity contribution in [1.82, 2.24) is 9.21 Å². The number of amides is 1. The van der Waals surface area contributed by atoms with Crippen LogP contribution in [0.25, 0.3) is 0 Å². The van der Waals surface area contributed by atoms with Crippen LogP contribution >= 0.6 is 11.6 Å². The van der Waals surface area contributed by atoms with Crippen LogP contribution in [-0.2, 0) is 10.0 Å². The number of fused-ring (bicyclic) bond motifs is 1. The van der Waals surface area contributed by atoms with Gasteiger partial charge in [-0.25, -0.2) is 12.8 Å². The smallest absolute Gasteiger partial charge is 0.256 e. The zero-order chi connectivity index (χ0) is 20.6. The third-order valence-corrected chi connectivity index (χ3v) is 6.97. The Morgan fingerprint density at radius 2 is 1.66 bits per heavy atom. The third kappa shape index (κ3) is 3.90. The number of carbonyl (C=O) groups is 1. The van der Waals surface area contributed by atoms with Crippen molar-refractivity contribution in [2.75, 3.05) is 39.4 Å². The fourth-order valence-corrected chi connectivity index (χ4v) is 4.89. The van der Waals surface area contributed by atoms with Gasteiger partial charge in [-0.1, -0.05) is 11.6 Å². The summed E-state index contributed by atoms with van der Waals surface area (Å²) in [4.78, 5) is 14.1. The van der Waals surface area contributed by atoms with Gasteiger partial charge in [-0.2, -0.15) is 4.31 Å². The number of ether oxygens (including phenoxy) is 2. The minimum absolute atomic E-state index is 0.0856. The fraction of sp³-hybridized carbons (Fsp3) is 0.316. The van der Waals surface area contributed by atoms with Gasteiger partial charge in [0.05, 0.1) is 10.5 Å². The van der Waals surface area contributed by atoms with Gasteiger partial charge in [0.25, 0.3) is 5.91 Å². The molecular weight excluding hydrogens is 423 g/mol. The number of piperazine rings is 1. The first-order valence-electron chi connectivity index (χ1n) is 9.00. The third-order valence-electron chi connectivity index (χ3n) is 4.84. The Labute approximate surface area is 172 Å². The van der Waals surface area contributed by atoms with Crippen LogP contribution in [0.4, 0.5) is 4.39 Å². The number of rotatable bonds is 3. The summed E-state index contributed by atoms with van der Waals surface area (Å²) in [6.45, 7) is 1.31. The molecule has 0 saturated carbocycles. The van der Waals surface area contributed by atoms with E-state index in [2.05, 4.69) is 0 Å². The van der Waals surface area contributed by atoms with Crippen molar-refractivity contribution in [3.05, 3.63) is 52.8 Å². The zero-order valence-electron chi connectivity index (χ0n) is 15.3. The van der Waals surface area contributed by atoms with Crippen LogP contribution in [-0.4, -0.2) is 62.9 Å². The summed E-state index contributed by atoms with van der Waals surface area (Å²) in [5.74, 6) is -0.288. The van der Waals surface area contributed by atoms with Crippen molar-refractivity contribution in [3.63, 3.8) is 0 Å². The molecule has 0 bridgehead atoms. The molecule has 2 aliphatic rings. The van der Waals surface area contributed by atoms with E-state index in [1.54, 1.807) is 6.07 Å². The van der Waals surface area contributed by atoms with Gasteiger partial charge >= 0.3 is 0 Å². The van der Waals surface area contributed by atoms with Crippen molar-refractivity contribution in [2.45, 2.75) is 4.90 Å². The number of sulfonamides is 1. The van der Waals surface area contributed by atoms with Gasteiger partial charge in [0.15, 0.2) is 11.5 Å². The van der Waals surface area contributed by atoms with Crippen LogP contribution in [0.1, 0.15) is 10.4 Å². The Balaban J connectivity index is 1.47. The van der Waals surface area contributed by atoms with Crippen LogP contribution in [0.5, 0.6) is 11.5 Å². The minimum atomic E-state index is -3.75. The summed E-state index contributed by atoms with van der Waals surface area (Å²) in [6, 6.07) is 8.36. The largest absolute Gasteiger partial charge is 0.486 e. The Bertz CT molecular complexity index is 1050. The molecule has 1 amide bonds. The highest BCUT2D eigenvalue weighted by Gasteiger charge is 2.32. The lowest BCUT2D eigenvalue weighted by atomic mass is 10.1. The maximum absolute atomic E-state index is 14.0. The number of hydrogen-bond donors (Lipinski definition) is 0. The number of halogens is 2. The highest BCUT2D eigenvalue weighted by molar-refractivity contribution is 7.89. The monoisotopic (exact) mass is 440 g/mol. The topological polar surface area (TPSA) is 76.2 Å². The van der Waals surface area contributed by atoms with Crippen molar-refractivity contribution < 1.29 is 27.1 Å². The normalized spacial score (nSPS) is 17.2. The van der Waals surface area contributed by atoms with E-state index in [0.717, 1.165) is 6.07 Å². The second-order valence-electron chi connectivity index (χ2n) is 6.63. The first-order chi connectivity index (χ1) is 13.9. The molecule has 1 fully saturated rings. The van der Waals surface area contributed by atoms with Gasteiger partial charge in [-0.05, 0) is 30.3 Å². The predicted octanol–water partition coefficient (Wildman–Crippen LogP) is 2.40. The van der Waals surface area contributed by atoms with Gasteiger partial charge in [0.2, 0.25) is 10.0 Å². The summed E-state index contributed by atoms with van der Waals surface area (Å²) < 4.78 is 52.1. The van der Waals surface area contributed by atoms with Gasteiger partial charge in [-0.15, -0.1) is 0 Å². The molecule has 1 saturated heterocycles. The van der Waals surface area contributed by atoms with E-state index in [1.165, 1.54) is 33.5 Å². The second kappa shape index (κ2) is 7.81. The number of hydrogen-bond acceptors (Lipinski definition) is 5. The lowest BCUT2D eigenvalue weighted by Crippen LogP contribution is -2.50. The Kier molecular flexibility index (Phi) is 5.37. The van der Waals surface area contributed by atoms with Crippen LogP contribution < -0.4 is 9.47 Å². The van der Waals surface area contributed by atoms with E-state index >= 15 is 0 Å². The summed E-state index contributed by atoms with van der Waals surface area (Å²) in [5, 5.41) is 0.203. The van der Waals surface area contributed by atoms with E-state index in [1.807, 2.05) is 0 Å². The zero-order valence-corrected chi connectivity index (χ0v) is 16.9. The molecule has 154 valence electrons. The van der Waals surface area contributed by atoms with Gasteiger partial charge < -0.3 is 14.4 Å². The van der Waals surface area contributed by atoms with Gasteiger partial charge in [0, 0.05) is 37.3 Å². The Hall–Kier alpha value is -2.36. The maximum Gasteiger partial charge on any atom is 0.256 e. The molecule has 0 unspecified atom stereocenters. The van der Waals surface area contributed by atoms with E-state index in [0.29, 0.717) is 24.7 Å². The molecule has 0 N–H and O–H groups in total. The lowest BCUT2D eigenvalue weighted by molar-refractivity contribution is 0.0693. The second-order valence-corrected chi connectivity index (χ2v) is 9.00. The molecular formula is C19H18ClFN2O5S. The maximum atomic E-state index is 14.0. The van der Waals surface area contributed by atoms with E-state index in [-0.39, 0.29) is 41.7 Å². The highest BCUT2D eigenvalue weighted by atomic mass is 35.5. The molecule has 4 rings (SSSR count). The predicted molar refractivity (Wildman–Crippen MR) is 104 cm³/mol. The van der Waals surface area contributed by atoms with Crippen LogP contribution in [0.15, 0.2) is 41.3 Å². The van der Waals surface area contributed by atoms with E-state index in [4.69, 9.17) is 21.1 Å². The Morgan fingerprint density at radius 1 is 0.966 bits per heavy atom. The summed E-state index contributed by atoms with van der Waals surface area (Å²) >= 11 is 5.72.